The first kappa shape index (κ1) is 13.2. The Hall–Kier alpha value is -1.26. The van der Waals surface area contributed by atoms with Crippen molar-refractivity contribution in [1.29, 1.82) is 0 Å². The molecule has 0 aliphatic rings. The first-order valence-corrected chi connectivity index (χ1v) is 6.99. The lowest BCUT2D eigenvalue weighted by atomic mass is 10.1. The van der Waals surface area contributed by atoms with Crippen LogP contribution in [0.5, 0.6) is 0 Å². The molecule has 0 aromatic carbocycles. The van der Waals surface area contributed by atoms with Crippen LogP contribution in [0.15, 0.2) is 24.5 Å². The van der Waals surface area contributed by atoms with Gasteiger partial charge in [-0.1, -0.05) is 6.07 Å². The smallest absolute Gasteiger partial charge is 0.0900 e. The number of nitrogens with one attached hydrogen (secondary N) is 1. The monoisotopic (exact) mass is 261 g/mol. The molecule has 18 heavy (non-hydrogen) atoms. The van der Waals surface area contributed by atoms with E-state index in [0.29, 0.717) is 6.04 Å². The summed E-state index contributed by atoms with van der Waals surface area (Å²) in [6.45, 7) is 8.48. The van der Waals surface area contributed by atoms with Crippen molar-refractivity contribution < 1.29 is 0 Å². The highest BCUT2D eigenvalue weighted by atomic mass is 32.1. The number of thiazole rings is 1. The molecule has 0 saturated heterocycles. The number of hydrogen-bond acceptors (Lipinski definition) is 4. The molecule has 0 fully saturated rings. The molecule has 0 aliphatic carbocycles. The molecule has 4 heteroatoms. The minimum atomic E-state index is 0.288. The van der Waals surface area contributed by atoms with Crippen molar-refractivity contribution in [3.05, 3.63) is 45.7 Å². The van der Waals surface area contributed by atoms with Crippen LogP contribution in [-0.4, -0.2) is 9.97 Å². The molecule has 2 heterocycles. The zero-order chi connectivity index (χ0) is 13.1. The van der Waals surface area contributed by atoms with E-state index in [2.05, 4.69) is 49.0 Å². The maximum atomic E-state index is 4.48. The van der Waals surface area contributed by atoms with E-state index in [-0.39, 0.29) is 6.04 Å². The number of hydrogen-bond donors (Lipinski definition) is 1. The molecule has 96 valence electrons. The second kappa shape index (κ2) is 5.59. The molecule has 2 rings (SSSR count). The average molecular weight is 261 g/mol. The fourth-order valence-electron chi connectivity index (χ4n) is 2.13. The summed E-state index contributed by atoms with van der Waals surface area (Å²) in [4.78, 5) is 9.96. The summed E-state index contributed by atoms with van der Waals surface area (Å²) < 4.78 is 0. The Balaban J connectivity index is 2.08. The second-order valence-corrected chi connectivity index (χ2v) is 5.81. The maximum Gasteiger partial charge on any atom is 0.0900 e. The third-order valence-electron chi connectivity index (χ3n) is 3.02. The molecule has 0 spiro atoms. The fourth-order valence-corrected chi connectivity index (χ4v) is 3.07. The largest absolute Gasteiger partial charge is 0.303 e. The van der Waals surface area contributed by atoms with Crippen LogP contribution in [0, 0.1) is 13.8 Å². The number of nitrogens with zero attached hydrogens (tertiary/aromatic N) is 2. The van der Waals surface area contributed by atoms with Crippen LogP contribution < -0.4 is 5.32 Å². The number of rotatable bonds is 4. The third kappa shape index (κ3) is 2.94. The molecule has 2 aromatic rings. The molecule has 0 bridgehead atoms. The highest BCUT2D eigenvalue weighted by Crippen LogP contribution is 2.26. The van der Waals surface area contributed by atoms with Crippen molar-refractivity contribution in [2.75, 3.05) is 0 Å². The van der Waals surface area contributed by atoms with E-state index in [1.807, 2.05) is 12.3 Å². The molecule has 0 radical (unpaired) electrons. The zero-order valence-electron chi connectivity index (χ0n) is 11.3. The SMILES string of the molecule is Cc1nc(C)c(C(C)NC(C)c2cccnc2)s1. The summed E-state index contributed by atoms with van der Waals surface area (Å²) in [5.74, 6) is 0. The highest BCUT2D eigenvalue weighted by molar-refractivity contribution is 7.11. The Labute approximate surface area is 112 Å². The van der Waals surface area contributed by atoms with E-state index in [9.17, 15) is 0 Å². The van der Waals surface area contributed by atoms with E-state index in [1.165, 1.54) is 10.4 Å². The fraction of sp³-hybridized carbons (Fsp3) is 0.429. The maximum absolute atomic E-state index is 4.48. The first-order chi connectivity index (χ1) is 8.58. The number of pyridine rings is 1. The molecule has 2 unspecified atom stereocenters. The molecule has 1 N–H and O–H groups in total. The molecule has 2 atom stereocenters. The van der Waals surface area contributed by atoms with Crippen molar-refractivity contribution in [2.24, 2.45) is 0 Å². The molecule has 3 nitrogen and oxygen atoms in total. The van der Waals surface area contributed by atoms with Crippen LogP contribution >= 0.6 is 11.3 Å². The number of aromatic nitrogens is 2. The van der Waals surface area contributed by atoms with Gasteiger partial charge in [0.25, 0.3) is 0 Å². The minimum Gasteiger partial charge on any atom is -0.303 e. The Morgan fingerprint density at radius 3 is 2.56 bits per heavy atom. The van der Waals surface area contributed by atoms with Crippen molar-refractivity contribution >= 4 is 11.3 Å². The topological polar surface area (TPSA) is 37.8 Å². The molecule has 0 saturated carbocycles. The van der Waals surface area contributed by atoms with Crippen molar-refractivity contribution in [2.45, 2.75) is 39.8 Å². The van der Waals surface area contributed by atoms with Gasteiger partial charge in [0.15, 0.2) is 0 Å². The normalized spacial score (nSPS) is 14.4. The first-order valence-electron chi connectivity index (χ1n) is 6.18. The van der Waals surface area contributed by atoms with E-state index in [4.69, 9.17) is 0 Å². The summed E-state index contributed by atoms with van der Waals surface area (Å²) in [7, 11) is 0. The molecule has 0 amide bonds. The van der Waals surface area contributed by atoms with Gasteiger partial charge in [-0.3, -0.25) is 4.98 Å². The van der Waals surface area contributed by atoms with E-state index >= 15 is 0 Å². The van der Waals surface area contributed by atoms with Crippen LogP contribution in [0.1, 0.15) is 47.1 Å². The Morgan fingerprint density at radius 1 is 1.22 bits per heavy atom. The predicted molar refractivity (Wildman–Crippen MR) is 75.8 cm³/mol. The molecule has 2 aromatic heterocycles. The Morgan fingerprint density at radius 2 is 2.00 bits per heavy atom. The molecular formula is C14H19N3S. The standard InChI is InChI=1S/C14H19N3S/c1-9(13-6-5-7-15-8-13)16-10(2)14-11(3)17-12(4)18-14/h5-10,16H,1-4H3. The van der Waals surface area contributed by atoms with E-state index in [0.717, 1.165) is 10.7 Å². The number of aryl methyl sites for hydroxylation is 2. The minimum absolute atomic E-state index is 0.288. The van der Waals surface area contributed by atoms with Crippen LogP contribution in [0.25, 0.3) is 0 Å². The summed E-state index contributed by atoms with van der Waals surface area (Å²) in [5, 5.41) is 4.73. The van der Waals surface area contributed by atoms with Crippen LogP contribution in [0.3, 0.4) is 0 Å². The third-order valence-corrected chi connectivity index (χ3v) is 4.27. The van der Waals surface area contributed by atoms with Gasteiger partial charge in [-0.2, -0.15) is 0 Å². The quantitative estimate of drug-likeness (QED) is 0.914. The second-order valence-electron chi connectivity index (χ2n) is 4.58. The molecule has 0 aliphatic heterocycles. The van der Waals surface area contributed by atoms with Crippen molar-refractivity contribution in [3.8, 4) is 0 Å². The van der Waals surface area contributed by atoms with Gasteiger partial charge in [-0.05, 0) is 39.3 Å². The van der Waals surface area contributed by atoms with Crippen LogP contribution in [-0.2, 0) is 0 Å². The van der Waals surface area contributed by atoms with E-state index < -0.39 is 0 Å². The van der Waals surface area contributed by atoms with Gasteiger partial charge >= 0.3 is 0 Å². The summed E-state index contributed by atoms with van der Waals surface area (Å²) in [6.07, 6.45) is 3.71. The lowest BCUT2D eigenvalue weighted by Crippen LogP contribution is -2.22. The van der Waals surface area contributed by atoms with Gasteiger partial charge in [0.2, 0.25) is 0 Å². The Bertz CT molecular complexity index is 507. The summed E-state index contributed by atoms with van der Waals surface area (Å²) in [5.41, 5.74) is 2.35. The van der Waals surface area contributed by atoms with Gasteiger partial charge in [0.1, 0.15) is 0 Å². The highest BCUT2D eigenvalue weighted by Gasteiger charge is 2.15. The Kier molecular flexibility index (Phi) is 4.09. The van der Waals surface area contributed by atoms with Gasteiger partial charge in [0, 0.05) is 29.4 Å². The lowest BCUT2D eigenvalue weighted by molar-refractivity contribution is 0.497. The van der Waals surface area contributed by atoms with Gasteiger partial charge < -0.3 is 5.32 Å². The lowest BCUT2D eigenvalue weighted by Gasteiger charge is -2.19. The van der Waals surface area contributed by atoms with Crippen molar-refractivity contribution in [1.82, 2.24) is 15.3 Å². The van der Waals surface area contributed by atoms with Gasteiger partial charge in [-0.25, -0.2) is 4.98 Å². The van der Waals surface area contributed by atoms with Crippen LogP contribution in [0.2, 0.25) is 0 Å². The summed E-state index contributed by atoms with van der Waals surface area (Å²) >= 11 is 1.77. The summed E-state index contributed by atoms with van der Waals surface area (Å²) in [6, 6.07) is 4.67. The zero-order valence-corrected chi connectivity index (χ0v) is 12.1. The predicted octanol–water partition coefficient (Wildman–Crippen LogP) is 3.57. The van der Waals surface area contributed by atoms with Crippen LogP contribution in [0.4, 0.5) is 0 Å². The molecular weight excluding hydrogens is 242 g/mol. The average Bonchev–Trinajstić information content (AvgIpc) is 2.69. The van der Waals surface area contributed by atoms with E-state index in [1.54, 1.807) is 17.5 Å². The van der Waals surface area contributed by atoms with Gasteiger partial charge in [-0.15, -0.1) is 11.3 Å². The van der Waals surface area contributed by atoms with Crippen molar-refractivity contribution in [3.63, 3.8) is 0 Å². The van der Waals surface area contributed by atoms with Gasteiger partial charge in [0.05, 0.1) is 10.7 Å².